The molecular weight excluding hydrogens is 226 g/mol. The van der Waals surface area contributed by atoms with Crippen LogP contribution < -0.4 is 5.73 Å². The lowest BCUT2D eigenvalue weighted by Crippen LogP contribution is -2.28. The van der Waals surface area contributed by atoms with Crippen molar-refractivity contribution in [1.82, 2.24) is 0 Å². The fourth-order valence-corrected chi connectivity index (χ4v) is 2.03. The van der Waals surface area contributed by atoms with Crippen LogP contribution in [0.4, 0.5) is 0 Å². The highest BCUT2D eigenvalue weighted by atomic mass is 35.5. The van der Waals surface area contributed by atoms with Gasteiger partial charge in [0.2, 0.25) is 0 Å². The number of carbonyl (C=O) groups excluding carboxylic acids is 1. The van der Waals surface area contributed by atoms with Crippen molar-refractivity contribution in [3.05, 3.63) is 34.9 Å². The van der Waals surface area contributed by atoms with E-state index in [9.17, 15) is 4.79 Å². The Kier molecular flexibility index (Phi) is 4.33. The zero-order valence-electron chi connectivity index (χ0n) is 9.23. The van der Waals surface area contributed by atoms with E-state index < -0.39 is 0 Å². The molecule has 0 fully saturated rings. The summed E-state index contributed by atoms with van der Waals surface area (Å²) in [5.41, 5.74) is 9.01. The van der Waals surface area contributed by atoms with E-state index in [-0.39, 0.29) is 24.4 Å². The molecule has 0 saturated carbocycles. The van der Waals surface area contributed by atoms with Gasteiger partial charge in [0.25, 0.3) is 0 Å². The Bertz CT molecular complexity index is 393. The van der Waals surface area contributed by atoms with Crippen molar-refractivity contribution in [3.8, 4) is 0 Å². The second-order valence-corrected chi connectivity index (χ2v) is 3.98. The summed E-state index contributed by atoms with van der Waals surface area (Å²) >= 11 is 0. The van der Waals surface area contributed by atoms with E-state index in [4.69, 9.17) is 5.73 Å². The van der Waals surface area contributed by atoms with Gasteiger partial charge < -0.3 is 10.5 Å². The highest BCUT2D eigenvalue weighted by Crippen LogP contribution is 2.22. The molecule has 0 amide bonds. The summed E-state index contributed by atoms with van der Waals surface area (Å²) in [5, 5.41) is 0. The Morgan fingerprint density at radius 3 is 2.88 bits per heavy atom. The molecular formula is C12H16ClNO2. The molecule has 0 heterocycles. The maximum Gasteiger partial charge on any atom is 0.337 e. The number of nitrogens with two attached hydrogens (primary N) is 1. The van der Waals surface area contributed by atoms with Crippen LogP contribution in [0.2, 0.25) is 0 Å². The number of benzene rings is 1. The molecule has 1 aromatic rings. The number of hydrogen-bond acceptors (Lipinski definition) is 3. The van der Waals surface area contributed by atoms with Crippen LogP contribution >= 0.6 is 12.4 Å². The number of carbonyl (C=O) groups is 1. The largest absolute Gasteiger partial charge is 0.465 e. The van der Waals surface area contributed by atoms with Gasteiger partial charge in [0, 0.05) is 6.04 Å². The number of methoxy groups -OCH3 is 1. The number of ether oxygens (including phenoxy) is 1. The molecule has 1 aliphatic carbocycles. The van der Waals surface area contributed by atoms with Gasteiger partial charge in [-0.05, 0) is 42.5 Å². The van der Waals surface area contributed by atoms with Crippen LogP contribution in [0.3, 0.4) is 0 Å². The fourth-order valence-electron chi connectivity index (χ4n) is 2.03. The Morgan fingerprint density at radius 1 is 1.44 bits per heavy atom. The highest BCUT2D eigenvalue weighted by Gasteiger charge is 2.17. The molecule has 4 heteroatoms. The van der Waals surface area contributed by atoms with E-state index in [1.807, 2.05) is 18.2 Å². The average molecular weight is 242 g/mol. The third-order valence-electron chi connectivity index (χ3n) is 2.89. The Morgan fingerprint density at radius 2 is 2.19 bits per heavy atom. The van der Waals surface area contributed by atoms with E-state index in [2.05, 4.69) is 4.74 Å². The first kappa shape index (κ1) is 13.0. The van der Waals surface area contributed by atoms with Crippen LogP contribution in [0.15, 0.2) is 18.2 Å². The first-order valence-electron chi connectivity index (χ1n) is 5.16. The van der Waals surface area contributed by atoms with Crippen LogP contribution in [0.5, 0.6) is 0 Å². The van der Waals surface area contributed by atoms with E-state index in [0.29, 0.717) is 5.56 Å². The van der Waals surface area contributed by atoms with Crippen molar-refractivity contribution < 1.29 is 9.53 Å². The Hall–Kier alpha value is -1.06. The minimum Gasteiger partial charge on any atom is -0.465 e. The first-order chi connectivity index (χ1) is 7.20. The Balaban J connectivity index is 0.00000128. The van der Waals surface area contributed by atoms with Crippen LogP contribution in [0.25, 0.3) is 0 Å². The molecule has 88 valence electrons. The minimum absolute atomic E-state index is 0. The minimum atomic E-state index is -0.281. The SMILES string of the molecule is COC(=O)c1ccc2c(c1)C[C@H](N)CC2.Cl. The van der Waals surface area contributed by atoms with Crippen LogP contribution in [0, 0.1) is 0 Å². The number of aryl methyl sites for hydroxylation is 1. The smallest absolute Gasteiger partial charge is 0.337 e. The molecule has 0 unspecified atom stereocenters. The first-order valence-corrected chi connectivity index (χ1v) is 5.16. The van der Waals surface area contributed by atoms with Gasteiger partial charge in [0.15, 0.2) is 0 Å². The van der Waals surface area contributed by atoms with Crippen molar-refractivity contribution in [1.29, 1.82) is 0 Å². The molecule has 2 rings (SSSR count). The molecule has 0 saturated heterocycles. The highest BCUT2D eigenvalue weighted by molar-refractivity contribution is 5.89. The quantitative estimate of drug-likeness (QED) is 0.762. The number of esters is 1. The third kappa shape index (κ3) is 2.54. The number of halogens is 1. The van der Waals surface area contributed by atoms with Crippen LogP contribution in [0.1, 0.15) is 27.9 Å². The molecule has 2 N–H and O–H groups in total. The van der Waals surface area contributed by atoms with Gasteiger partial charge in [0.1, 0.15) is 0 Å². The zero-order chi connectivity index (χ0) is 10.8. The second kappa shape index (κ2) is 5.32. The summed E-state index contributed by atoms with van der Waals surface area (Å²) in [6.45, 7) is 0. The topological polar surface area (TPSA) is 52.3 Å². The molecule has 1 aliphatic rings. The summed E-state index contributed by atoms with van der Waals surface area (Å²) in [6, 6.07) is 5.96. The number of rotatable bonds is 1. The van der Waals surface area contributed by atoms with E-state index >= 15 is 0 Å². The van der Waals surface area contributed by atoms with Gasteiger partial charge in [-0.3, -0.25) is 0 Å². The zero-order valence-corrected chi connectivity index (χ0v) is 10.0. The van der Waals surface area contributed by atoms with E-state index in [1.165, 1.54) is 18.2 Å². The predicted molar refractivity (Wildman–Crippen MR) is 65.0 cm³/mol. The van der Waals surface area contributed by atoms with Gasteiger partial charge in [0.05, 0.1) is 12.7 Å². The number of fused-ring (bicyclic) bond motifs is 1. The van der Waals surface area contributed by atoms with Crippen molar-refractivity contribution in [3.63, 3.8) is 0 Å². The van der Waals surface area contributed by atoms with Gasteiger partial charge in [-0.15, -0.1) is 12.4 Å². The molecule has 16 heavy (non-hydrogen) atoms. The molecule has 3 nitrogen and oxygen atoms in total. The molecule has 0 bridgehead atoms. The monoisotopic (exact) mass is 241 g/mol. The molecule has 0 radical (unpaired) electrons. The molecule has 1 aromatic carbocycles. The normalized spacial score (nSPS) is 18.2. The standard InChI is InChI=1S/C12H15NO2.ClH/c1-15-12(14)9-3-2-8-4-5-11(13)7-10(8)6-9;/h2-3,6,11H,4-5,7,13H2,1H3;1H/t11-;/m1./s1. The molecule has 0 aromatic heterocycles. The summed E-state index contributed by atoms with van der Waals surface area (Å²) in [6.07, 6.45) is 2.91. The lowest BCUT2D eigenvalue weighted by atomic mass is 9.88. The summed E-state index contributed by atoms with van der Waals surface area (Å²) in [7, 11) is 1.40. The average Bonchev–Trinajstić information content (AvgIpc) is 2.27. The lowest BCUT2D eigenvalue weighted by Gasteiger charge is -2.21. The number of hydrogen-bond donors (Lipinski definition) is 1. The van der Waals surface area contributed by atoms with Crippen molar-refractivity contribution in [2.24, 2.45) is 5.73 Å². The van der Waals surface area contributed by atoms with E-state index in [0.717, 1.165) is 19.3 Å². The van der Waals surface area contributed by atoms with Crippen molar-refractivity contribution >= 4 is 18.4 Å². The van der Waals surface area contributed by atoms with Gasteiger partial charge in [-0.1, -0.05) is 6.07 Å². The molecule has 1 atom stereocenters. The summed E-state index contributed by atoms with van der Waals surface area (Å²) in [5.74, 6) is -0.281. The maximum atomic E-state index is 11.3. The van der Waals surface area contributed by atoms with Gasteiger partial charge in [-0.25, -0.2) is 4.79 Å². The van der Waals surface area contributed by atoms with Crippen molar-refractivity contribution in [2.45, 2.75) is 25.3 Å². The van der Waals surface area contributed by atoms with Gasteiger partial charge in [-0.2, -0.15) is 0 Å². The summed E-state index contributed by atoms with van der Waals surface area (Å²) < 4.78 is 4.68. The third-order valence-corrected chi connectivity index (χ3v) is 2.89. The fraction of sp³-hybridized carbons (Fsp3) is 0.417. The molecule has 0 aliphatic heterocycles. The maximum absolute atomic E-state index is 11.3. The second-order valence-electron chi connectivity index (χ2n) is 3.98. The van der Waals surface area contributed by atoms with Gasteiger partial charge >= 0.3 is 5.97 Å². The Labute approximate surface area is 101 Å². The van der Waals surface area contributed by atoms with Crippen molar-refractivity contribution in [2.75, 3.05) is 7.11 Å². The van der Waals surface area contributed by atoms with Crippen LogP contribution in [-0.2, 0) is 17.6 Å². The predicted octanol–water partition coefficient (Wildman–Crippen LogP) is 1.71. The lowest BCUT2D eigenvalue weighted by molar-refractivity contribution is 0.0600. The molecule has 0 spiro atoms. The van der Waals surface area contributed by atoms with Crippen LogP contribution in [-0.4, -0.2) is 19.1 Å². The summed E-state index contributed by atoms with van der Waals surface area (Å²) in [4.78, 5) is 11.3. The van der Waals surface area contributed by atoms with E-state index in [1.54, 1.807) is 0 Å².